The molecule has 1 atom stereocenters. The normalized spacial score (nSPS) is 17.0. The summed E-state index contributed by atoms with van der Waals surface area (Å²) >= 11 is 0. The Morgan fingerprint density at radius 3 is 2.77 bits per heavy atom. The summed E-state index contributed by atoms with van der Waals surface area (Å²) in [5, 5.41) is 4.40. The van der Waals surface area contributed by atoms with Crippen LogP contribution in [0.15, 0.2) is 24.5 Å². The lowest BCUT2D eigenvalue weighted by atomic mass is 10.1. The number of hydrogen-bond donors (Lipinski definition) is 0. The van der Waals surface area contributed by atoms with Crippen LogP contribution in [0, 0.1) is 19.8 Å². The number of amides is 2. The Morgan fingerprint density at radius 1 is 1.38 bits per heavy atom. The van der Waals surface area contributed by atoms with Gasteiger partial charge in [0.05, 0.1) is 11.6 Å². The van der Waals surface area contributed by atoms with E-state index in [0.717, 1.165) is 22.5 Å². The van der Waals surface area contributed by atoms with Crippen molar-refractivity contribution in [3.63, 3.8) is 0 Å². The number of aryl methyl sites for hydroxylation is 2. The van der Waals surface area contributed by atoms with E-state index >= 15 is 0 Å². The van der Waals surface area contributed by atoms with Gasteiger partial charge in [-0.1, -0.05) is 6.07 Å². The third-order valence-corrected chi connectivity index (χ3v) is 5.09. The standard InChI is InChI=1S/C19H25N5O2/c1-13-17(14(2)23(4)21-13)12-22(3)19(26)16-8-18(25)24(11-16)10-15-6-5-7-20-9-15/h5-7,9,16H,8,10-12H2,1-4H3/t16-/m0/s1. The van der Waals surface area contributed by atoms with E-state index in [-0.39, 0.29) is 24.2 Å². The van der Waals surface area contributed by atoms with Crippen molar-refractivity contribution in [3.05, 3.63) is 47.0 Å². The number of carbonyl (C=O) groups is 2. The van der Waals surface area contributed by atoms with Gasteiger partial charge < -0.3 is 9.80 Å². The maximum absolute atomic E-state index is 12.8. The lowest BCUT2D eigenvalue weighted by Gasteiger charge is -2.22. The van der Waals surface area contributed by atoms with Gasteiger partial charge in [-0.05, 0) is 25.5 Å². The molecular weight excluding hydrogens is 330 g/mol. The van der Waals surface area contributed by atoms with Crippen LogP contribution in [0.3, 0.4) is 0 Å². The van der Waals surface area contributed by atoms with Crippen LogP contribution in [-0.4, -0.2) is 50.0 Å². The minimum absolute atomic E-state index is 0.00897. The minimum atomic E-state index is -0.290. The molecule has 0 radical (unpaired) electrons. The van der Waals surface area contributed by atoms with E-state index in [1.807, 2.05) is 37.7 Å². The van der Waals surface area contributed by atoms with E-state index in [1.165, 1.54) is 0 Å². The highest BCUT2D eigenvalue weighted by molar-refractivity contribution is 5.89. The molecule has 1 aliphatic rings. The summed E-state index contributed by atoms with van der Waals surface area (Å²) in [6, 6.07) is 3.79. The number of hydrogen-bond acceptors (Lipinski definition) is 4. The molecule has 7 heteroatoms. The van der Waals surface area contributed by atoms with Gasteiger partial charge >= 0.3 is 0 Å². The third-order valence-electron chi connectivity index (χ3n) is 5.09. The Hall–Kier alpha value is -2.70. The molecule has 1 aliphatic heterocycles. The fourth-order valence-electron chi connectivity index (χ4n) is 3.48. The zero-order valence-electron chi connectivity index (χ0n) is 15.8. The molecule has 1 saturated heterocycles. The van der Waals surface area contributed by atoms with Crippen molar-refractivity contribution in [2.45, 2.75) is 33.4 Å². The fourth-order valence-corrected chi connectivity index (χ4v) is 3.48. The van der Waals surface area contributed by atoms with Gasteiger partial charge in [-0.15, -0.1) is 0 Å². The average molecular weight is 355 g/mol. The van der Waals surface area contributed by atoms with Crippen LogP contribution >= 0.6 is 0 Å². The Morgan fingerprint density at radius 2 is 2.15 bits per heavy atom. The van der Waals surface area contributed by atoms with Crippen LogP contribution in [0.2, 0.25) is 0 Å². The quantitative estimate of drug-likeness (QED) is 0.814. The molecule has 0 N–H and O–H groups in total. The van der Waals surface area contributed by atoms with Gasteiger partial charge in [-0.2, -0.15) is 5.10 Å². The SMILES string of the molecule is Cc1nn(C)c(C)c1CN(C)C(=O)[C@H]1CC(=O)N(Cc2cccnc2)C1. The van der Waals surface area contributed by atoms with Gasteiger partial charge in [0.25, 0.3) is 0 Å². The van der Waals surface area contributed by atoms with Gasteiger partial charge in [0.2, 0.25) is 11.8 Å². The first kappa shape index (κ1) is 18.1. The first-order valence-corrected chi connectivity index (χ1v) is 8.77. The van der Waals surface area contributed by atoms with E-state index in [1.54, 1.807) is 29.2 Å². The number of pyridine rings is 1. The Kier molecular flexibility index (Phi) is 5.06. The van der Waals surface area contributed by atoms with Crippen molar-refractivity contribution in [1.29, 1.82) is 0 Å². The second-order valence-electron chi connectivity index (χ2n) is 7.00. The fraction of sp³-hybridized carbons (Fsp3) is 0.474. The largest absolute Gasteiger partial charge is 0.341 e. The highest BCUT2D eigenvalue weighted by Gasteiger charge is 2.35. The average Bonchev–Trinajstić information content (AvgIpc) is 3.09. The van der Waals surface area contributed by atoms with E-state index in [9.17, 15) is 9.59 Å². The van der Waals surface area contributed by atoms with Gasteiger partial charge in [-0.25, -0.2) is 0 Å². The molecule has 2 aromatic rings. The zero-order chi connectivity index (χ0) is 18.8. The predicted octanol–water partition coefficient (Wildman–Crippen LogP) is 1.44. The molecule has 2 amide bonds. The van der Waals surface area contributed by atoms with Crippen LogP contribution < -0.4 is 0 Å². The molecule has 3 rings (SSSR count). The monoisotopic (exact) mass is 355 g/mol. The summed E-state index contributed by atoms with van der Waals surface area (Å²) in [6.07, 6.45) is 3.73. The molecule has 1 fully saturated rings. The van der Waals surface area contributed by atoms with Gasteiger partial charge in [0, 0.05) is 63.8 Å². The van der Waals surface area contributed by atoms with Gasteiger partial charge in [0.1, 0.15) is 0 Å². The Bertz CT molecular complexity index is 815. The van der Waals surface area contributed by atoms with Crippen molar-refractivity contribution < 1.29 is 9.59 Å². The molecule has 0 saturated carbocycles. The summed E-state index contributed by atoms with van der Waals surface area (Å²) in [7, 11) is 3.70. The lowest BCUT2D eigenvalue weighted by molar-refractivity contribution is -0.135. The van der Waals surface area contributed by atoms with Gasteiger partial charge in [-0.3, -0.25) is 19.3 Å². The molecule has 0 unspecified atom stereocenters. The van der Waals surface area contributed by atoms with Gasteiger partial charge in [0.15, 0.2) is 0 Å². The number of likely N-dealkylation sites (tertiary alicyclic amines) is 1. The molecule has 0 aromatic carbocycles. The lowest BCUT2D eigenvalue weighted by Crippen LogP contribution is -2.34. The van der Waals surface area contributed by atoms with E-state index in [0.29, 0.717) is 19.6 Å². The van der Waals surface area contributed by atoms with Crippen molar-refractivity contribution in [3.8, 4) is 0 Å². The molecule has 3 heterocycles. The first-order chi connectivity index (χ1) is 12.4. The van der Waals surface area contributed by atoms with E-state index in [4.69, 9.17) is 0 Å². The molecule has 26 heavy (non-hydrogen) atoms. The maximum Gasteiger partial charge on any atom is 0.228 e. The topological polar surface area (TPSA) is 71.3 Å². The maximum atomic E-state index is 12.8. The van der Waals surface area contributed by atoms with Crippen LogP contribution in [0.1, 0.15) is 28.9 Å². The number of aromatic nitrogens is 3. The molecule has 7 nitrogen and oxygen atoms in total. The first-order valence-electron chi connectivity index (χ1n) is 8.77. The zero-order valence-corrected chi connectivity index (χ0v) is 15.8. The molecular formula is C19H25N5O2. The summed E-state index contributed by atoms with van der Waals surface area (Å²) in [4.78, 5) is 32.7. The predicted molar refractivity (Wildman–Crippen MR) is 96.9 cm³/mol. The number of nitrogens with zero attached hydrogens (tertiary/aromatic N) is 5. The number of carbonyl (C=O) groups excluding carboxylic acids is 2. The van der Waals surface area contributed by atoms with Crippen LogP contribution in [-0.2, 0) is 29.7 Å². The molecule has 0 spiro atoms. The second-order valence-corrected chi connectivity index (χ2v) is 7.00. The summed E-state index contributed by atoms with van der Waals surface area (Å²) in [5.41, 5.74) is 4.04. The molecule has 0 aliphatic carbocycles. The van der Waals surface area contributed by atoms with Crippen molar-refractivity contribution in [2.75, 3.05) is 13.6 Å². The van der Waals surface area contributed by atoms with Crippen LogP contribution in [0.4, 0.5) is 0 Å². The summed E-state index contributed by atoms with van der Waals surface area (Å²) in [5.74, 6) is -0.259. The summed E-state index contributed by atoms with van der Waals surface area (Å²) in [6.45, 7) is 5.43. The van der Waals surface area contributed by atoms with Crippen molar-refractivity contribution >= 4 is 11.8 Å². The van der Waals surface area contributed by atoms with Crippen LogP contribution in [0.25, 0.3) is 0 Å². The van der Waals surface area contributed by atoms with Crippen molar-refractivity contribution in [2.24, 2.45) is 13.0 Å². The smallest absolute Gasteiger partial charge is 0.228 e. The molecule has 0 bridgehead atoms. The van der Waals surface area contributed by atoms with Crippen molar-refractivity contribution in [1.82, 2.24) is 24.6 Å². The molecule has 2 aromatic heterocycles. The second kappa shape index (κ2) is 7.27. The van der Waals surface area contributed by atoms with Crippen LogP contribution in [0.5, 0.6) is 0 Å². The third kappa shape index (κ3) is 3.61. The Labute approximate surface area is 153 Å². The summed E-state index contributed by atoms with van der Waals surface area (Å²) < 4.78 is 1.83. The highest BCUT2D eigenvalue weighted by atomic mass is 16.2. The Balaban J connectivity index is 1.63. The number of rotatable bonds is 5. The molecule has 138 valence electrons. The van der Waals surface area contributed by atoms with E-state index in [2.05, 4.69) is 10.1 Å². The van der Waals surface area contributed by atoms with E-state index < -0.39 is 0 Å². The highest BCUT2D eigenvalue weighted by Crippen LogP contribution is 2.23. The minimum Gasteiger partial charge on any atom is -0.341 e.